The highest BCUT2D eigenvalue weighted by atomic mass is 16.4. The van der Waals surface area contributed by atoms with Crippen LogP contribution in [0, 0.1) is 0 Å². The lowest BCUT2D eigenvalue weighted by molar-refractivity contribution is -0.137. The molecule has 0 aliphatic carbocycles. The van der Waals surface area contributed by atoms with Crippen molar-refractivity contribution in [2.75, 3.05) is 23.4 Å². The second-order valence-electron chi connectivity index (χ2n) is 5.13. The van der Waals surface area contributed by atoms with Gasteiger partial charge in [-0.2, -0.15) is 0 Å². The summed E-state index contributed by atoms with van der Waals surface area (Å²) in [6, 6.07) is 9.75. The van der Waals surface area contributed by atoms with Gasteiger partial charge >= 0.3 is 5.97 Å². The summed E-state index contributed by atoms with van der Waals surface area (Å²) < 4.78 is 0. The van der Waals surface area contributed by atoms with E-state index in [-0.39, 0.29) is 12.5 Å². The lowest BCUT2D eigenvalue weighted by Crippen LogP contribution is -2.15. The first-order chi connectivity index (χ1) is 11.1. The van der Waals surface area contributed by atoms with Crippen LogP contribution in [0.4, 0.5) is 17.3 Å². The van der Waals surface area contributed by atoms with Gasteiger partial charge in [-0.25, -0.2) is 9.97 Å². The Labute approximate surface area is 135 Å². The average Bonchev–Trinajstić information content (AvgIpc) is 2.56. The maximum atomic E-state index is 10.7. The van der Waals surface area contributed by atoms with E-state index in [9.17, 15) is 4.79 Å². The largest absolute Gasteiger partial charge is 0.481 e. The van der Waals surface area contributed by atoms with Gasteiger partial charge in [0.05, 0.1) is 6.04 Å². The van der Waals surface area contributed by atoms with Gasteiger partial charge in [0, 0.05) is 13.5 Å². The van der Waals surface area contributed by atoms with Gasteiger partial charge in [-0.1, -0.05) is 30.3 Å². The molecule has 0 saturated carbocycles. The van der Waals surface area contributed by atoms with Gasteiger partial charge < -0.3 is 21.5 Å². The summed E-state index contributed by atoms with van der Waals surface area (Å²) in [5.41, 5.74) is 7.55. The normalized spacial score (nSPS) is 11.7. The molecule has 5 N–H and O–H groups in total. The van der Waals surface area contributed by atoms with Crippen molar-refractivity contribution in [3.05, 3.63) is 42.2 Å². The molecule has 2 aromatic rings. The number of aromatic nitrogens is 2. The summed E-state index contributed by atoms with van der Waals surface area (Å²) in [4.78, 5) is 19.0. The summed E-state index contributed by atoms with van der Waals surface area (Å²) in [7, 11) is 1.74. The van der Waals surface area contributed by atoms with Gasteiger partial charge in [-0.3, -0.25) is 4.79 Å². The maximum absolute atomic E-state index is 10.7. The minimum Gasteiger partial charge on any atom is -0.481 e. The number of nitrogens with two attached hydrogens (primary N) is 1. The number of nitrogen functional groups attached to an aromatic ring is 1. The van der Waals surface area contributed by atoms with E-state index in [1.165, 1.54) is 6.33 Å². The zero-order valence-electron chi connectivity index (χ0n) is 13.0. The molecule has 2 rings (SSSR count). The third-order valence-electron chi connectivity index (χ3n) is 3.52. The maximum Gasteiger partial charge on any atom is 0.303 e. The first kappa shape index (κ1) is 16.5. The van der Waals surface area contributed by atoms with Crippen molar-refractivity contribution in [2.45, 2.75) is 25.3 Å². The molecule has 0 saturated heterocycles. The van der Waals surface area contributed by atoms with Crippen LogP contribution >= 0.6 is 0 Å². The Morgan fingerprint density at radius 1 is 1.26 bits per heavy atom. The molecule has 0 spiro atoms. The molecule has 23 heavy (non-hydrogen) atoms. The van der Waals surface area contributed by atoms with E-state index in [0.29, 0.717) is 30.2 Å². The number of carboxylic acid groups (broad SMARTS) is 1. The Morgan fingerprint density at radius 2 is 1.96 bits per heavy atom. The van der Waals surface area contributed by atoms with Crippen LogP contribution in [-0.4, -0.2) is 28.1 Å². The molecular weight excluding hydrogens is 294 g/mol. The zero-order chi connectivity index (χ0) is 16.7. The minimum absolute atomic E-state index is 0.0718. The summed E-state index contributed by atoms with van der Waals surface area (Å²) >= 11 is 0. The van der Waals surface area contributed by atoms with E-state index in [1.807, 2.05) is 30.3 Å². The Bertz CT molecular complexity index is 648. The molecule has 7 nitrogen and oxygen atoms in total. The van der Waals surface area contributed by atoms with Gasteiger partial charge in [0.15, 0.2) is 11.6 Å². The fraction of sp³-hybridized carbons (Fsp3) is 0.312. The van der Waals surface area contributed by atoms with Crippen molar-refractivity contribution < 1.29 is 9.90 Å². The van der Waals surface area contributed by atoms with Crippen LogP contribution < -0.4 is 16.4 Å². The first-order valence-corrected chi connectivity index (χ1v) is 7.43. The smallest absolute Gasteiger partial charge is 0.303 e. The van der Waals surface area contributed by atoms with Crippen LogP contribution in [0.15, 0.2) is 36.7 Å². The van der Waals surface area contributed by atoms with E-state index in [4.69, 9.17) is 10.8 Å². The van der Waals surface area contributed by atoms with Crippen molar-refractivity contribution in [3.63, 3.8) is 0 Å². The predicted octanol–water partition coefficient (Wildman–Crippen LogP) is 2.51. The molecule has 1 unspecified atom stereocenters. The third-order valence-corrected chi connectivity index (χ3v) is 3.52. The molecular formula is C16H21N5O2. The van der Waals surface area contributed by atoms with E-state index in [1.54, 1.807) is 7.05 Å². The monoisotopic (exact) mass is 315 g/mol. The third kappa shape index (κ3) is 4.57. The summed E-state index contributed by atoms with van der Waals surface area (Å²) in [5.74, 6) is 0.296. The molecule has 1 aromatic carbocycles. The number of aliphatic carboxylic acids is 1. The number of rotatable bonds is 8. The van der Waals surface area contributed by atoms with Crippen molar-refractivity contribution in [2.24, 2.45) is 0 Å². The summed E-state index contributed by atoms with van der Waals surface area (Å²) in [6.07, 6.45) is 2.79. The highest BCUT2D eigenvalue weighted by molar-refractivity contribution is 5.74. The van der Waals surface area contributed by atoms with Gasteiger partial charge in [-0.05, 0) is 18.4 Å². The standard InChI is InChI=1S/C16H21N5O2/c1-18-15-14(17)16(20-10-19-15)21-12(8-5-9-13(22)23)11-6-3-2-4-7-11/h2-4,6-7,10,12H,5,8-9,17H2,1H3,(H,22,23)(H2,18,19,20,21). The molecule has 1 heterocycles. The summed E-state index contributed by atoms with van der Waals surface area (Å²) in [6.45, 7) is 0. The SMILES string of the molecule is CNc1ncnc(NC(CCCC(=O)O)c2ccccc2)c1N. The quantitative estimate of drug-likeness (QED) is 0.592. The average molecular weight is 315 g/mol. The highest BCUT2D eigenvalue weighted by Crippen LogP contribution is 2.28. The Hall–Kier alpha value is -2.83. The summed E-state index contributed by atoms with van der Waals surface area (Å²) in [5, 5.41) is 15.0. The number of carboxylic acids is 1. The fourth-order valence-corrected chi connectivity index (χ4v) is 2.34. The van der Waals surface area contributed by atoms with Gasteiger partial charge in [0.25, 0.3) is 0 Å². The Kier molecular flexibility index (Phi) is 5.74. The molecule has 122 valence electrons. The molecule has 1 aromatic heterocycles. The van der Waals surface area contributed by atoms with Crippen molar-refractivity contribution in [1.82, 2.24) is 9.97 Å². The van der Waals surface area contributed by atoms with Gasteiger partial charge in [0.1, 0.15) is 12.0 Å². The Morgan fingerprint density at radius 3 is 2.61 bits per heavy atom. The van der Waals surface area contributed by atoms with Crippen molar-refractivity contribution in [1.29, 1.82) is 0 Å². The molecule has 0 amide bonds. The number of anilines is 3. The molecule has 0 bridgehead atoms. The number of carbonyl (C=O) groups is 1. The molecule has 0 aliphatic rings. The minimum atomic E-state index is -0.796. The lowest BCUT2D eigenvalue weighted by Gasteiger charge is -2.21. The van der Waals surface area contributed by atoms with Crippen molar-refractivity contribution in [3.8, 4) is 0 Å². The molecule has 0 fully saturated rings. The van der Waals surface area contributed by atoms with Crippen LogP contribution in [0.25, 0.3) is 0 Å². The van der Waals surface area contributed by atoms with E-state index in [0.717, 1.165) is 5.56 Å². The molecule has 0 aliphatic heterocycles. The van der Waals surface area contributed by atoms with Gasteiger partial charge in [0.2, 0.25) is 0 Å². The number of nitrogens with one attached hydrogen (secondary N) is 2. The Balaban J connectivity index is 2.19. The van der Waals surface area contributed by atoms with Crippen LogP contribution in [0.2, 0.25) is 0 Å². The van der Waals surface area contributed by atoms with Crippen LogP contribution in [0.3, 0.4) is 0 Å². The second kappa shape index (κ2) is 7.98. The first-order valence-electron chi connectivity index (χ1n) is 7.43. The van der Waals surface area contributed by atoms with E-state index >= 15 is 0 Å². The van der Waals surface area contributed by atoms with Gasteiger partial charge in [-0.15, -0.1) is 0 Å². The van der Waals surface area contributed by atoms with Crippen molar-refractivity contribution >= 4 is 23.3 Å². The number of benzene rings is 1. The predicted molar refractivity (Wildman–Crippen MR) is 90.3 cm³/mol. The molecule has 1 atom stereocenters. The van der Waals surface area contributed by atoms with Crippen LogP contribution in [0.5, 0.6) is 0 Å². The second-order valence-corrected chi connectivity index (χ2v) is 5.13. The molecule has 0 radical (unpaired) electrons. The number of nitrogens with zero attached hydrogens (tertiary/aromatic N) is 2. The topological polar surface area (TPSA) is 113 Å². The van der Waals surface area contributed by atoms with Crippen LogP contribution in [0.1, 0.15) is 30.9 Å². The number of hydrogen-bond acceptors (Lipinski definition) is 6. The fourth-order valence-electron chi connectivity index (χ4n) is 2.34. The highest BCUT2D eigenvalue weighted by Gasteiger charge is 2.15. The van der Waals surface area contributed by atoms with E-state index < -0.39 is 5.97 Å². The lowest BCUT2D eigenvalue weighted by atomic mass is 10.0. The van der Waals surface area contributed by atoms with Crippen LogP contribution in [-0.2, 0) is 4.79 Å². The van der Waals surface area contributed by atoms with E-state index in [2.05, 4.69) is 20.6 Å². The number of hydrogen-bond donors (Lipinski definition) is 4. The molecule has 7 heteroatoms. The zero-order valence-corrected chi connectivity index (χ0v) is 13.0.